The highest BCUT2D eigenvalue weighted by Gasteiger charge is 2.33. The van der Waals surface area contributed by atoms with Crippen molar-refractivity contribution in [3.8, 4) is 0 Å². The third-order valence-corrected chi connectivity index (χ3v) is 10.9. The number of hydrogen-bond acceptors (Lipinski definition) is 1. The monoisotopic (exact) mass is 409 g/mol. The average Bonchev–Trinajstić information content (AvgIpc) is 2.67. The molecule has 0 bridgehead atoms. The summed E-state index contributed by atoms with van der Waals surface area (Å²) in [7, 11) is -1.81. The number of fused-ring (bicyclic) bond motifs is 2. The quantitative estimate of drug-likeness (QED) is 0.522. The lowest BCUT2D eigenvalue weighted by Gasteiger charge is -2.48. The lowest BCUT2D eigenvalue weighted by molar-refractivity contribution is -0.582. The van der Waals surface area contributed by atoms with Crippen molar-refractivity contribution in [1.29, 1.82) is 0 Å². The molecule has 3 aliphatic heterocycles. The van der Waals surface area contributed by atoms with Crippen LogP contribution in [-0.2, 0) is 0 Å². The highest BCUT2D eigenvalue weighted by molar-refractivity contribution is 6.98. The first-order chi connectivity index (χ1) is 14.6. The van der Waals surface area contributed by atoms with Crippen LogP contribution < -0.4 is 10.1 Å². The van der Waals surface area contributed by atoms with E-state index in [4.69, 9.17) is 0 Å². The van der Waals surface area contributed by atoms with Gasteiger partial charge in [-0.25, -0.2) is 4.58 Å². The summed E-state index contributed by atoms with van der Waals surface area (Å²) in [4.78, 5) is 2.53. The third kappa shape index (κ3) is 2.65. The zero-order valence-corrected chi connectivity index (χ0v) is 19.0. The molecular formula is C27H29N2Si. The maximum Gasteiger partial charge on any atom is 0.197 e. The van der Waals surface area contributed by atoms with Crippen LogP contribution in [0.3, 0.4) is 0 Å². The van der Waals surface area contributed by atoms with Crippen molar-refractivity contribution in [2.75, 3.05) is 31.1 Å². The summed E-state index contributed by atoms with van der Waals surface area (Å²) < 4.78 is 2.53. The van der Waals surface area contributed by atoms with Gasteiger partial charge >= 0.3 is 0 Å². The van der Waals surface area contributed by atoms with E-state index in [0.29, 0.717) is 0 Å². The van der Waals surface area contributed by atoms with Crippen molar-refractivity contribution in [3.05, 3.63) is 88.7 Å². The maximum absolute atomic E-state index is 2.55. The van der Waals surface area contributed by atoms with Gasteiger partial charge in [-0.3, -0.25) is 0 Å². The van der Waals surface area contributed by atoms with E-state index in [-0.39, 0.29) is 0 Å². The van der Waals surface area contributed by atoms with E-state index in [0.717, 1.165) is 0 Å². The van der Waals surface area contributed by atoms with Crippen molar-refractivity contribution in [2.45, 2.75) is 25.9 Å². The van der Waals surface area contributed by atoms with E-state index in [2.05, 4.69) is 89.3 Å². The van der Waals surface area contributed by atoms with E-state index >= 15 is 0 Å². The molecule has 0 spiro atoms. The van der Waals surface area contributed by atoms with Crippen molar-refractivity contribution < 1.29 is 4.58 Å². The van der Waals surface area contributed by atoms with Crippen LogP contribution in [0.25, 0.3) is 5.57 Å². The van der Waals surface area contributed by atoms with Gasteiger partial charge in [0.2, 0.25) is 0 Å². The van der Waals surface area contributed by atoms with Crippen molar-refractivity contribution in [3.63, 3.8) is 0 Å². The van der Waals surface area contributed by atoms with Crippen LogP contribution in [0.15, 0.2) is 77.5 Å². The Labute approximate surface area is 180 Å². The summed E-state index contributed by atoms with van der Waals surface area (Å²) in [5, 5.41) is 3.19. The van der Waals surface area contributed by atoms with Crippen LogP contribution in [-0.4, -0.2) is 44.5 Å². The molecule has 3 heterocycles. The molecule has 0 saturated carbocycles. The fourth-order valence-corrected chi connectivity index (χ4v) is 8.35. The molecule has 2 aromatic rings. The zero-order valence-electron chi connectivity index (χ0n) is 18.0. The molecule has 2 fully saturated rings. The SMILES string of the molecule is C[Si-]1(C)C2=CC(=[N+]3CCC3)C=CC2=C(c2ccccc2)c2ccc(N3CCC3)cc21. The van der Waals surface area contributed by atoms with Gasteiger partial charge in [0.15, 0.2) is 5.71 Å². The summed E-state index contributed by atoms with van der Waals surface area (Å²) in [5.41, 5.74) is 8.47. The van der Waals surface area contributed by atoms with Gasteiger partial charge < -0.3 is 4.90 Å². The molecule has 4 aliphatic rings. The number of rotatable bonds is 2. The van der Waals surface area contributed by atoms with Gasteiger partial charge in [0.25, 0.3) is 0 Å². The smallest absolute Gasteiger partial charge is 0.197 e. The van der Waals surface area contributed by atoms with Crippen LogP contribution in [0.4, 0.5) is 5.69 Å². The Morgan fingerprint density at radius 2 is 1.70 bits per heavy atom. The highest BCUT2D eigenvalue weighted by Crippen LogP contribution is 2.42. The molecule has 0 radical (unpaired) electrons. The second kappa shape index (κ2) is 6.68. The van der Waals surface area contributed by atoms with Gasteiger partial charge in [0, 0.05) is 24.9 Å². The molecule has 30 heavy (non-hydrogen) atoms. The molecule has 0 unspecified atom stereocenters. The Kier molecular flexibility index (Phi) is 4.04. The molecule has 3 heteroatoms. The predicted octanol–water partition coefficient (Wildman–Crippen LogP) is 4.52. The fraction of sp³-hybridized carbons (Fsp3) is 0.296. The number of benzene rings is 2. The largest absolute Gasteiger partial charge is 0.371 e. The molecule has 2 nitrogen and oxygen atoms in total. The molecule has 2 saturated heterocycles. The first-order valence-corrected chi connectivity index (χ1v) is 14.3. The highest BCUT2D eigenvalue weighted by atomic mass is 28.3. The molecule has 6 rings (SSSR count). The van der Waals surface area contributed by atoms with Gasteiger partial charge in [-0.1, -0.05) is 56.6 Å². The minimum Gasteiger partial charge on any atom is -0.371 e. The van der Waals surface area contributed by atoms with Crippen LogP contribution in [0, 0.1) is 0 Å². The Hall–Kier alpha value is -2.65. The van der Waals surface area contributed by atoms with Gasteiger partial charge in [-0.2, -0.15) is 23.5 Å². The molecule has 1 aliphatic carbocycles. The Bertz CT molecular complexity index is 1150. The molecule has 0 aromatic heterocycles. The fourth-order valence-electron chi connectivity index (χ4n) is 5.28. The van der Waals surface area contributed by atoms with Crippen LogP contribution in [0.5, 0.6) is 0 Å². The van der Waals surface area contributed by atoms with Crippen LogP contribution >= 0.6 is 0 Å². The Balaban J connectivity index is 1.61. The summed E-state index contributed by atoms with van der Waals surface area (Å²) in [6.07, 6.45) is 9.93. The molecule has 0 N–H and O–H groups in total. The second-order valence-electron chi connectivity index (χ2n) is 9.51. The van der Waals surface area contributed by atoms with E-state index in [1.165, 1.54) is 72.7 Å². The summed E-state index contributed by atoms with van der Waals surface area (Å²) in [6, 6.07) is 18.3. The third-order valence-electron chi connectivity index (χ3n) is 7.40. The molecular weight excluding hydrogens is 380 g/mol. The summed E-state index contributed by atoms with van der Waals surface area (Å²) >= 11 is 0. The lowest BCUT2D eigenvalue weighted by Crippen LogP contribution is -2.50. The first-order valence-electron chi connectivity index (χ1n) is 11.3. The van der Waals surface area contributed by atoms with Crippen molar-refractivity contribution in [1.82, 2.24) is 0 Å². The molecule has 151 valence electrons. The topological polar surface area (TPSA) is 6.25 Å². The van der Waals surface area contributed by atoms with Crippen LogP contribution in [0.2, 0.25) is 13.1 Å². The molecule has 0 amide bonds. The number of allylic oxidation sites excluding steroid dienone is 5. The minimum absolute atomic E-state index is 1.20. The predicted molar refractivity (Wildman–Crippen MR) is 130 cm³/mol. The Morgan fingerprint density at radius 3 is 2.37 bits per heavy atom. The van der Waals surface area contributed by atoms with Crippen LogP contribution in [0.1, 0.15) is 24.0 Å². The van der Waals surface area contributed by atoms with Crippen molar-refractivity contribution in [2.24, 2.45) is 0 Å². The van der Waals surface area contributed by atoms with E-state index < -0.39 is 8.07 Å². The number of hydrogen-bond donors (Lipinski definition) is 0. The molecule has 0 atom stereocenters. The van der Waals surface area contributed by atoms with Gasteiger partial charge in [0.1, 0.15) is 13.1 Å². The van der Waals surface area contributed by atoms with Gasteiger partial charge in [-0.15, -0.1) is 0 Å². The normalized spacial score (nSPS) is 21.5. The summed E-state index contributed by atoms with van der Waals surface area (Å²) in [6.45, 7) is 9.90. The lowest BCUT2D eigenvalue weighted by atomic mass is 9.89. The zero-order chi connectivity index (χ0) is 20.3. The van der Waals surface area contributed by atoms with E-state index in [1.807, 2.05) is 0 Å². The summed E-state index contributed by atoms with van der Waals surface area (Å²) in [5.74, 6) is 0. The first kappa shape index (κ1) is 18.1. The van der Waals surface area contributed by atoms with Gasteiger partial charge in [0.05, 0.1) is 6.42 Å². The average molecular weight is 410 g/mol. The Morgan fingerprint density at radius 1 is 0.900 bits per heavy atom. The van der Waals surface area contributed by atoms with E-state index in [1.54, 1.807) is 10.4 Å². The number of anilines is 1. The van der Waals surface area contributed by atoms with Gasteiger partial charge in [-0.05, 0) is 40.8 Å². The van der Waals surface area contributed by atoms with Crippen molar-refractivity contribution >= 4 is 30.2 Å². The standard InChI is InChI=1S/C27H29N2Si/c1-30(2)25-18-21(28-14-6-15-28)10-12-23(25)27(20-8-4-3-5-9-20)24-13-11-22(19-26(24)30)29-16-7-17-29/h3-5,8-13,18-19H,6-7,14-17H2,1-2H3. The van der Waals surface area contributed by atoms with E-state index in [9.17, 15) is 0 Å². The number of nitrogens with zero attached hydrogens (tertiary/aromatic N) is 2. The second-order valence-corrected chi connectivity index (χ2v) is 13.8. The maximum atomic E-state index is 2.55. The minimum atomic E-state index is -1.81. The molecule has 2 aromatic carbocycles.